The van der Waals surface area contributed by atoms with E-state index >= 15 is 0 Å². The van der Waals surface area contributed by atoms with Crippen molar-refractivity contribution in [2.45, 2.75) is 24.9 Å². The average Bonchev–Trinajstić information content (AvgIpc) is 3.24. The number of carbonyl (C=O) groups is 2. The summed E-state index contributed by atoms with van der Waals surface area (Å²) in [5, 5.41) is 20.0. The van der Waals surface area contributed by atoms with Crippen molar-refractivity contribution in [2.75, 3.05) is 0 Å². The number of hydrogen-bond acceptors (Lipinski definition) is 3. The Kier molecular flexibility index (Phi) is 5.75. The summed E-state index contributed by atoms with van der Waals surface area (Å²) in [4.78, 5) is 27.3. The first-order chi connectivity index (χ1) is 15.0. The van der Waals surface area contributed by atoms with Gasteiger partial charge in [0.2, 0.25) is 0 Å². The van der Waals surface area contributed by atoms with E-state index < -0.39 is 24.0 Å². The van der Waals surface area contributed by atoms with Crippen LogP contribution in [0.1, 0.15) is 40.4 Å². The van der Waals surface area contributed by atoms with Crippen molar-refractivity contribution >= 4 is 23.5 Å². The Morgan fingerprint density at radius 3 is 2.35 bits per heavy atom. The number of nitrogens with zero attached hydrogens (tertiary/aromatic N) is 2. The Morgan fingerprint density at radius 1 is 0.968 bits per heavy atom. The Labute approximate surface area is 185 Å². The Hall–Kier alpha value is -3.62. The van der Waals surface area contributed by atoms with Crippen LogP contribution in [-0.2, 0) is 4.79 Å². The number of aliphatic carboxylic acids is 1. The van der Waals surface area contributed by atoms with E-state index in [1.807, 2.05) is 42.5 Å². The van der Waals surface area contributed by atoms with Crippen molar-refractivity contribution in [3.05, 3.63) is 94.5 Å². The Bertz CT molecular complexity index is 1190. The van der Waals surface area contributed by atoms with Gasteiger partial charge < -0.3 is 10.0 Å². The lowest BCUT2D eigenvalue weighted by atomic mass is 9.94. The number of benzene rings is 3. The van der Waals surface area contributed by atoms with E-state index in [0.717, 1.165) is 5.56 Å². The van der Waals surface area contributed by atoms with Gasteiger partial charge in [0.15, 0.2) is 0 Å². The van der Waals surface area contributed by atoms with Gasteiger partial charge in [-0.15, -0.1) is 0 Å². The Morgan fingerprint density at radius 2 is 1.68 bits per heavy atom. The first-order valence-electron chi connectivity index (χ1n) is 9.91. The molecule has 1 aliphatic rings. The second-order valence-electron chi connectivity index (χ2n) is 7.39. The van der Waals surface area contributed by atoms with Crippen molar-refractivity contribution in [2.24, 2.45) is 0 Å². The number of halogens is 1. The minimum absolute atomic E-state index is 0.209. The summed E-state index contributed by atoms with van der Waals surface area (Å²) in [6.45, 7) is 0. The standard InChI is InChI=1S/C25H19ClN2O3/c26-20-12-5-4-10-19(20)21-13-14-22(25(30)31)28(21)24(29)23-17(15-27)9-6-11-18(23)16-7-2-1-3-8-16/h1-12,21-22H,13-14H2,(H,30,31)/t21-,22+/m1/s1. The molecule has 1 heterocycles. The van der Waals surface area contributed by atoms with Gasteiger partial charge in [-0.3, -0.25) is 4.79 Å². The van der Waals surface area contributed by atoms with Crippen molar-refractivity contribution in [1.29, 1.82) is 5.26 Å². The molecule has 0 saturated carbocycles. The Balaban J connectivity index is 1.88. The molecule has 5 nitrogen and oxygen atoms in total. The maximum Gasteiger partial charge on any atom is 0.326 e. The minimum atomic E-state index is -1.07. The molecule has 3 aromatic carbocycles. The van der Waals surface area contributed by atoms with Crippen LogP contribution in [0.15, 0.2) is 72.8 Å². The monoisotopic (exact) mass is 430 g/mol. The third-order valence-corrected chi connectivity index (χ3v) is 6.00. The molecule has 31 heavy (non-hydrogen) atoms. The van der Waals surface area contributed by atoms with Crippen LogP contribution >= 0.6 is 11.6 Å². The van der Waals surface area contributed by atoms with Gasteiger partial charge in [0, 0.05) is 5.02 Å². The molecule has 0 aromatic heterocycles. The molecule has 4 rings (SSSR count). The quantitative estimate of drug-likeness (QED) is 0.608. The van der Waals surface area contributed by atoms with E-state index in [0.29, 0.717) is 29.0 Å². The van der Waals surface area contributed by atoms with Gasteiger partial charge in [0.1, 0.15) is 6.04 Å². The van der Waals surface area contributed by atoms with Crippen molar-refractivity contribution in [3.63, 3.8) is 0 Å². The van der Waals surface area contributed by atoms with E-state index in [9.17, 15) is 20.0 Å². The van der Waals surface area contributed by atoms with Gasteiger partial charge in [-0.2, -0.15) is 5.26 Å². The molecule has 3 aromatic rings. The summed E-state index contributed by atoms with van der Waals surface area (Å²) in [5.74, 6) is -1.55. The highest BCUT2D eigenvalue weighted by atomic mass is 35.5. The first kappa shape index (κ1) is 20.6. The number of carboxylic acid groups (broad SMARTS) is 1. The molecule has 1 saturated heterocycles. The number of carbonyl (C=O) groups excluding carboxylic acids is 1. The average molecular weight is 431 g/mol. The zero-order valence-electron chi connectivity index (χ0n) is 16.5. The van der Waals surface area contributed by atoms with Crippen LogP contribution in [0.25, 0.3) is 11.1 Å². The summed E-state index contributed by atoms with van der Waals surface area (Å²) in [7, 11) is 0. The number of carboxylic acids is 1. The molecule has 0 bridgehead atoms. The fourth-order valence-corrected chi connectivity index (χ4v) is 4.51. The van der Waals surface area contributed by atoms with E-state index in [1.54, 1.807) is 30.3 Å². The summed E-state index contributed by atoms with van der Waals surface area (Å²) < 4.78 is 0. The van der Waals surface area contributed by atoms with Gasteiger partial charge >= 0.3 is 5.97 Å². The summed E-state index contributed by atoms with van der Waals surface area (Å²) in [6.07, 6.45) is 0.786. The molecular weight excluding hydrogens is 412 g/mol. The van der Waals surface area contributed by atoms with Gasteiger partial charge in [-0.25, -0.2) is 4.79 Å². The fraction of sp³-hybridized carbons (Fsp3) is 0.160. The lowest BCUT2D eigenvalue weighted by molar-refractivity contribution is -0.141. The van der Waals surface area contributed by atoms with Crippen LogP contribution in [0, 0.1) is 11.3 Å². The number of amides is 1. The third kappa shape index (κ3) is 3.78. The van der Waals surface area contributed by atoms with Crippen molar-refractivity contribution < 1.29 is 14.7 Å². The molecular formula is C25H19ClN2O3. The van der Waals surface area contributed by atoms with E-state index in [2.05, 4.69) is 6.07 Å². The molecule has 1 fully saturated rings. The molecule has 6 heteroatoms. The molecule has 0 unspecified atom stereocenters. The van der Waals surface area contributed by atoms with Crippen LogP contribution in [0.3, 0.4) is 0 Å². The molecule has 0 spiro atoms. The fourth-order valence-electron chi connectivity index (χ4n) is 4.25. The first-order valence-corrected chi connectivity index (χ1v) is 10.3. The minimum Gasteiger partial charge on any atom is -0.480 e. The summed E-state index contributed by atoms with van der Waals surface area (Å²) >= 11 is 6.40. The van der Waals surface area contributed by atoms with Gasteiger partial charge in [0.05, 0.1) is 23.2 Å². The molecule has 1 aliphatic heterocycles. The predicted octanol–water partition coefficient (Wildman–Crippen LogP) is 5.31. The maximum absolute atomic E-state index is 13.9. The molecule has 1 N–H and O–H groups in total. The smallest absolute Gasteiger partial charge is 0.326 e. The summed E-state index contributed by atoms with van der Waals surface area (Å²) in [5.41, 5.74) is 2.50. The van der Waals surface area contributed by atoms with Crippen LogP contribution in [0.2, 0.25) is 5.02 Å². The number of nitriles is 1. The van der Waals surface area contributed by atoms with Gasteiger partial charge in [-0.1, -0.05) is 72.3 Å². The van der Waals surface area contributed by atoms with Crippen LogP contribution < -0.4 is 0 Å². The number of likely N-dealkylation sites (tertiary alicyclic amines) is 1. The van der Waals surface area contributed by atoms with Crippen molar-refractivity contribution in [3.8, 4) is 17.2 Å². The van der Waals surface area contributed by atoms with Gasteiger partial charge in [-0.05, 0) is 41.7 Å². The topological polar surface area (TPSA) is 81.4 Å². The van der Waals surface area contributed by atoms with Gasteiger partial charge in [0.25, 0.3) is 5.91 Å². The number of rotatable bonds is 4. The second kappa shape index (κ2) is 8.63. The predicted molar refractivity (Wildman–Crippen MR) is 118 cm³/mol. The number of hydrogen-bond donors (Lipinski definition) is 1. The maximum atomic E-state index is 13.9. The normalized spacial score (nSPS) is 17.9. The van der Waals surface area contributed by atoms with Crippen LogP contribution in [-0.4, -0.2) is 27.9 Å². The highest BCUT2D eigenvalue weighted by molar-refractivity contribution is 6.31. The molecule has 2 atom stereocenters. The molecule has 1 amide bonds. The zero-order valence-corrected chi connectivity index (χ0v) is 17.3. The lowest BCUT2D eigenvalue weighted by Crippen LogP contribution is -2.42. The van der Waals surface area contributed by atoms with E-state index in [-0.39, 0.29) is 11.1 Å². The van der Waals surface area contributed by atoms with Crippen LogP contribution in [0.4, 0.5) is 0 Å². The highest BCUT2D eigenvalue weighted by Gasteiger charge is 2.43. The van der Waals surface area contributed by atoms with Crippen molar-refractivity contribution in [1.82, 2.24) is 4.90 Å². The SMILES string of the molecule is N#Cc1cccc(-c2ccccc2)c1C(=O)N1[C@@H](c2ccccc2Cl)CC[C@H]1C(=O)O. The largest absolute Gasteiger partial charge is 0.480 e. The molecule has 0 radical (unpaired) electrons. The molecule has 0 aliphatic carbocycles. The highest BCUT2D eigenvalue weighted by Crippen LogP contribution is 2.41. The van der Waals surface area contributed by atoms with E-state index in [4.69, 9.17) is 11.6 Å². The second-order valence-corrected chi connectivity index (χ2v) is 7.79. The van der Waals surface area contributed by atoms with Crippen LogP contribution in [0.5, 0.6) is 0 Å². The zero-order chi connectivity index (χ0) is 22.0. The third-order valence-electron chi connectivity index (χ3n) is 5.65. The lowest BCUT2D eigenvalue weighted by Gasteiger charge is -2.30. The van der Waals surface area contributed by atoms with E-state index in [1.165, 1.54) is 4.90 Å². The summed E-state index contributed by atoms with van der Waals surface area (Å²) in [6, 6.07) is 22.1. The molecule has 154 valence electrons.